The molecule has 3 aliphatic rings. The van der Waals surface area contributed by atoms with Crippen LogP contribution in [-0.4, -0.2) is 58.5 Å². The minimum absolute atomic E-state index is 0.0766. The lowest BCUT2D eigenvalue weighted by Crippen LogP contribution is -2.39. The second-order valence-corrected chi connectivity index (χ2v) is 11.6. The zero-order chi connectivity index (χ0) is 27.9. The Morgan fingerprint density at radius 3 is 2.67 bits per heavy atom. The van der Waals surface area contributed by atoms with Gasteiger partial charge in [-0.1, -0.05) is 23.7 Å². The lowest BCUT2D eigenvalue weighted by Gasteiger charge is -2.36. The van der Waals surface area contributed by atoms with Crippen LogP contribution in [0.25, 0.3) is 27.9 Å². The molecule has 2 fully saturated rings. The molecule has 10 heteroatoms. The molecular weight excluding hydrogens is 530 g/mol. The van der Waals surface area contributed by atoms with Gasteiger partial charge in [0.1, 0.15) is 12.3 Å². The number of nitrogens with one attached hydrogen (secondary N) is 1. The molecular formula is C30H34ClN5O4. The normalized spacial score (nSPS) is 21.4. The van der Waals surface area contributed by atoms with Crippen molar-refractivity contribution in [2.75, 3.05) is 31.7 Å². The van der Waals surface area contributed by atoms with Crippen LogP contribution in [0, 0.1) is 0 Å². The molecule has 1 aromatic carbocycles. The summed E-state index contributed by atoms with van der Waals surface area (Å²) >= 11 is 6.83. The monoisotopic (exact) mass is 563 g/mol. The van der Waals surface area contributed by atoms with Crippen molar-refractivity contribution in [1.82, 2.24) is 14.5 Å². The third-order valence-corrected chi connectivity index (χ3v) is 8.08. The first-order chi connectivity index (χ1) is 19.3. The number of halogens is 1. The smallest absolute Gasteiger partial charge is 0.260 e. The fourth-order valence-electron chi connectivity index (χ4n) is 5.73. The molecule has 0 saturated carbocycles. The number of rotatable bonds is 5. The highest BCUT2D eigenvalue weighted by molar-refractivity contribution is 6.33. The molecule has 0 bridgehead atoms. The first kappa shape index (κ1) is 26.9. The van der Waals surface area contributed by atoms with Gasteiger partial charge in [-0.2, -0.15) is 4.98 Å². The summed E-state index contributed by atoms with van der Waals surface area (Å²) in [6.45, 7) is 8.42. The van der Waals surface area contributed by atoms with Crippen LogP contribution in [0.4, 0.5) is 5.95 Å². The SMILES string of the molecule is CC1=NC(c2ccc(-c3cc4cnc(NC5CCOCC5)nc4n(C4CCOC(C)(C)C4)c3=O)c(Cl)c2)=CCO1. The topological polar surface area (TPSA) is 99.9 Å². The van der Waals surface area contributed by atoms with E-state index in [2.05, 4.69) is 29.1 Å². The van der Waals surface area contributed by atoms with E-state index in [1.165, 1.54) is 0 Å². The van der Waals surface area contributed by atoms with Gasteiger partial charge in [-0.3, -0.25) is 9.36 Å². The number of benzene rings is 1. The number of ether oxygens (including phenoxy) is 3. The highest BCUT2D eigenvalue weighted by atomic mass is 35.5. The van der Waals surface area contributed by atoms with E-state index in [1.54, 1.807) is 6.20 Å². The minimum Gasteiger partial charge on any atom is -0.477 e. The molecule has 3 aromatic rings. The minimum atomic E-state index is -0.351. The van der Waals surface area contributed by atoms with Gasteiger partial charge in [-0.05, 0) is 57.7 Å². The lowest BCUT2D eigenvalue weighted by molar-refractivity contribution is -0.0689. The van der Waals surface area contributed by atoms with Crippen LogP contribution in [0.2, 0.25) is 5.02 Å². The van der Waals surface area contributed by atoms with E-state index in [0.717, 1.165) is 35.9 Å². The number of aliphatic imine (C=N–C) groups is 1. The van der Waals surface area contributed by atoms with Crippen LogP contribution in [0.3, 0.4) is 0 Å². The average molecular weight is 564 g/mol. The zero-order valence-corrected chi connectivity index (χ0v) is 23.8. The number of hydrogen-bond acceptors (Lipinski definition) is 8. The standard InChI is InChI=1S/C30H34ClN5O4/c1-18-33-26(9-12-39-18)19-4-5-23(25(31)15-19)24-14-20-17-32-29(34-21-6-10-38-11-7-21)35-27(20)36(28(24)37)22-8-13-40-30(2,3)16-22/h4-5,9,14-15,17,21-22H,6-8,10-13,16H2,1-3H3,(H,32,34,35). The van der Waals surface area contributed by atoms with Crippen molar-refractivity contribution < 1.29 is 14.2 Å². The summed E-state index contributed by atoms with van der Waals surface area (Å²) in [5.41, 5.74) is 2.99. The summed E-state index contributed by atoms with van der Waals surface area (Å²) in [4.78, 5) is 28.3. The summed E-state index contributed by atoms with van der Waals surface area (Å²) in [6.07, 6.45) is 6.90. The summed E-state index contributed by atoms with van der Waals surface area (Å²) in [5.74, 6) is 1.13. The van der Waals surface area contributed by atoms with E-state index >= 15 is 0 Å². The summed E-state index contributed by atoms with van der Waals surface area (Å²) < 4.78 is 18.7. The molecule has 9 nitrogen and oxygen atoms in total. The number of fused-ring (bicyclic) bond motifs is 1. The molecule has 2 saturated heterocycles. The predicted octanol–water partition coefficient (Wildman–Crippen LogP) is 5.62. The van der Waals surface area contributed by atoms with Crippen LogP contribution >= 0.6 is 11.6 Å². The van der Waals surface area contributed by atoms with Crippen molar-refractivity contribution in [2.24, 2.45) is 4.99 Å². The number of anilines is 1. The molecule has 0 spiro atoms. The van der Waals surface area contributed by atoms with Crippen LogP contribution < -0.4 is 10.9 Å². The molecule has 1 atom stereocenters. The summed E-state index contributed by atoms with van der Waals surface area (Å²) in [7, 11) is 0. The van der Waals surface area contributed by atoms with Crippen LogP contribution in [0.15, 0.2) is 46.3 Å². The summed E-state index contributed by atoms with van der Waals surface area (Å²) in [5, 5.41) is 4.71. The second kappa shape index (κ2) is 11.0. The Morgan fingerprint density at radius 2 is 1.93 bits per heavy atom. The van der Waals surface area contributed by atoms with Crippen LogP contribution in [0.1, 0.15) is 58.1 Å². The van der Waals surface area contributed by atoms with Gasteiger partial charge in [0.05, 0.1) is 11.3 Å². The zero-order valence-electron chi connectivity index (χ0n) is 23.1. The first-order valence-corrected chi connectivity index (χ1v) is 14.2. The van der Waals surface area contributed by atoms with E-state index in [4.69, 9.17) is 30.8 Å². The fraction of sp³-hybridized carbons (Fsp3) is 0.467. The number of aromatic nitrogens is 3. The third-order valence-electron chi connectivity index (χ3n) is 7.77. The van der Waals surface area contributed by atoms with Gasteiger partial charge in [0.25, 0.3) is 5.56 Å². The summed E-state index contributed by atoms with van der Waals surface area (Å²) in [6, 6.07) is 7.71. The third kappa shape index (κ3) is 5.50. The highest BCUT2D eigenvalue weighted by Gasteiger charge is 2.32. The van der Waals surface area contributed by atoms with Gasteiger partial charge >= 0.3 is 0 Å². The maximum absolute atomic E-state index is 14.3. The Balaban J connectivity index is 1.45. The largest absolute Gasteiger partial charge is 0.477 e. The molecule has 3 aliphatic heterocycles. The van der Waals surface area contributed by atoms with Gasteiger partial charge in [0.2, 0.25) is 5.95 Å². The maximum Gasteiger partial charge on any atom is 0.260 e. The van der Waals surface area contributed by atoms with Crippen molar-refractivity contribution in [1.29, 1.82) is 0 Å². The molecule has 1 N–H and O–H groups in total. The van der Waals surface area contributed by atoms with E-state index < -0.39 is 0 Å². The van der Waals surface area contributed by atoms with Crippen molar-refractivity contribution in [3.05, 3.63) is 57.5 Å². The van der Waals surface area contributed by atoms with E-state index in [1.807, 2.05) is 41.8 Å². The number of nitrogens with zero attached hydrogens (tertiary/aromatic N) is 4. The molecule has 5 heterocycles. The molecule has 1 unspecified atom stereocenters. The van der Waals surface area contributed by atoms with Gasteiger partial charge < -0.3 is 19.5 Å². The second-order valence-electron chi connectivity index (χ2n) is 11.2. The van der Waals surface area contributed by atoms with E-state index in [9.17, 15) is 4.79 Å². The Hall–Kier alpha value is -3.27. The van der Waals surface area contributed by atoms with Crippen molar-refractivity contribution in [3.8, 4) is 11.1 Å². The van der Waals surface area contributed by atoms with Crippen molar-refractivity contribution in [2.45, 2.75) is 64.1 Å². The first-order valence-electron chi connectivity index (χ1n) is 13.9. The Labute approximate surface area is 238 Å². The molecule has 0 amide bonds. The highest BCUT2D eigenvalue weighted by Crippen LogP contribution is 2.36. The Bertz CT molecular complexity index is 1560. The van der Waals surface area contributed by atoms with Crippen LogP contribution in [-0.2, 0) is 14.2 Å². The maximum atomic E-state index is 14.3. The molecule has 40 heavy (non-hydrogen) atoms. The van der Waals surface area contributed by atoms with Crippen molar-refractivity contribution >= 4 is 40.2 Å². The average Bonchev–Trinajstić information content (AvgIpc) is 2.93. The quantitative estimate of drug-likeness (QED) is 0.430. The molecule has 0 aliphatic carbocycles. The number of hydrogen-bond donors (Lipinski definition) is 1. The molecule has 210 valence electrons. The van der Waals surface area contributed by atoms with Crippen molar-refractivity contribution in [3.63, 3.8) is 0 Å². The molecule has 0 radical (unpaired) electrons. The molecule has 2 aromatic heterocycles. The van der Waals surface area contributed by atoms with Gasteiger partial charge in [0.15, 0.2) is 5.90 Å². The Kier molecular flexibility index (Phi) is 7.37. The predicted molar refractivity (Wildman–Crippen MR) is 157 cm³/mol. The van der Waals surface area contributed by atoms with Gasteiger partial charge in [-0.15, -0.1) is 0 Å². The van der Waals surface area contributed by atoms with Gasteiger partial charge in [-0.25, -0.2) is 9.98 Å². The van der Waals surface area contributed by atoms with E-state index in [-0.39, 0.29) is 23.2 Å². The number of pyridine rings is 1. The molecule has 6 rings (SSSR count). The van der Waals surface area contributed by atoms with Gasteiger partial charge in [0, 0.05) is 72.1 Å². The fourth-order valence-corrected chi connectivity index (χ4v) is 6.01. The van der Waals surface area contributed by atoms with E-state index in [0.29, 0.717) is 66.5 Å². The Morgan fingerprint density at radius 1 is 1.10 bits per heavy atom. The lowest BCUT2D eigenvalue weighted by atomic mass is 9.93. The van der Waals surface area contributed by atoms with Crippen LogP contribution in [0.5, 0.6) is 0 Å².